The van der Waals surface area contributed by atoms with Gasteiger partial charge in [-0.05, 0) is 23.6 Å². The second-order valence-corrected chi connectivity index (χ2v) is 4.50. The zero-order valence-corrected chi connectivity index (χ0v) is 10.8. The molecule has 1 atom stereocenters. The van der Waals surface area contributed by atoms with E-state index in [0.717, 1.165) is 12.0 Å². The van der Waals surface area contributed by atoms with Crippen LogP contribution in [0.1, 0.15) is 42.6 Å². The average molecular weight is 249 g/mol. The van der Waals surface area contributed by atoms with Crippen molar-refractivity contribution in [1.82, 2.24) is 5.32 Å². The first-order valence-electron chi connectivity index (χ1n) is 6.11. The van der Waals surface area contributed by atoms with Crippen molar-refractivity contribution in [1.29, 1.82) is 0 Å². The Morgan fingerprint density at radius 1 is 1.28 bits per heavy atom. The lowest BCUT2D eigenvalue weighted by Gasteiger charge is -2.09. The van der Waals surface area contributed by atoms with Gasteiger partial charge in [-0.15, -0.1) is 0 Å². The molecule has 0 heterocycles. The number of carbonyl (C=O) groups excluding carboxylic acids is 1. The Balaban J connectivity index is 2.44. The van der Waals surface area contributed by atoms with Crippen LogP contribution in [0.4, 0.5) is 0 Å². The lowest BCUT2D eigenvalue weighted by atomic mass is 10.0. The van der Waals surface area contributed by atoms with Gasteiger partial charge in [0.2, 0.25) is 5.91 Å². The third-order valence-corrected chi connectivity index (χ3v) is 2.92. The van der Waals surface area contributed by atoms with Gasteiger partial charge in [0.25, 0.3) is 0 Å². The molecule has 0 saturated carbocycles. The second kappa shape index (κ2) is 6.79. The van der Waals surface area contributed by atoms with Crippen LogP contribution in [0.25, 0.3) is 0 Å². The van der Waals surface area contributed by atoms with Gasteiger partial charge in [0, 0.05) is 13.0 Å². The van der Waals surface area contributed by atoms with Gasteiger partial charge in [-0.3, -0.25) is 4.79 Å². The minimum absolute atomic E-state index is 0.0339. The molecule has 0 bridgehead atoms. The lowest BCUT2D eigenvalue weighted by Crippen LogP contribution is -2.24. The number of rotatable bonds is 6. The average Bonchev–Trinajstić information content (AvgIpc) is 2.36. The molecule has 0 aromatic heterocycles. The summed E-state index contributed by atoms with van der Waals surface area (Å²) < 4.78 is 0. The maximum Gasteiger partial charge on any atom is 0.335 e. The van der Waals surface area contributed by atoms with Crippen LogP contribution >= 0.6 is 0 Å². The molecule has 0 aliphatic rings. The zero-order valence-electron chi connectivity index (χ0n) is 10.8. The van der Waals surface area contributed by atoms with Gasteiger partial charge in [-0.2, -0.15) is 0 Å². The molecule has 1 aromatic carbocycles. The molecule has 18 heavy (non-hydrogen) atoms. The van der Waals surface area contributed by atoms with Crippen molar-refractivity contribution in [3.8, 4) is 0 Å². The quantitative estimate of drug-likeness (QED) is 0.813. The van der Waals surface area contributed by atoms with E-state index in [1.165, 1.54) is 0 Å². The van der Waals surface area contributed by atoms with Crippen LogP contribution in [0.2, 0.25) is 0 Å². The van der Waals surface area contributed by atoms with Crippen molar-refractivity contribution in [2.75, 3.05) is 0 Å². The summed E-state index contributed by atoms with van der Waals surface area (Å²) >= 11 is 0. The van der Waals surface area contributed by atoms with Crippen LogP contribution < -0.4 is 5.32 Å². The van der Waals surface area contributed by atoms with E-state index < -0.39 is 5.97 Å². The number of nitrogens with one attached hydrogen (secondary N) is 1. The minimum atomic E-state index is -0.942. The number of carboxylic acid groups (broad SMARTS) is 1. The Kier molecular flexibility index (Phi) is 5.36. The fourth-order valence-electron chi connectivity index (χ4n) is 1.50. The number of carbonyl (C=O) groups is 2. The number of amides is 1. The third-order valence-electron chi connectivity index (χ3n) is 2.92. The van der Waals surface area contributed by atoms with E-state index in [0.29, 0.717) is 18.9 Å². The molecule has 0 aliphatic heterocycles. The van der Waals surface area contributed by atoms with Crippen molar-refractivity contribution in [2.24, 2.45) is 5.92 Å². The SMILES string of the molecule is CCC(C)CC(=O)NCc1ccc(C(=O)O)cc1. The first kappa shape index (κ1) is 14.2. The Hall–Kier alpha value is -1.84. The van der Waals surface area contributed by atoms with Gasteiger partial charge in [-0.1, -0.05) is 32.4 Å². The fourth-order valence-corrected chi connectivity index (χ4v) is 1.50. The number of hydrogen-bond donors (Lipinski definition) is 2. The van der Waals surface area contributed by atoms with E-state index in [9.17, 15) is 9.59 Å². The molecule has 1 aromatic rings. The van der Waals surface area contributed by atoms with Gasteiger partial charge < -0.3 is 10.4 Å². The molecule has 1 unspecified atom stereocenters. The Morgan fingerprint density at radius 2 is 1.89 bits per heavy atom. The normalized spacial score (nSPS) is 11.9. The Morgan fingerprint density at radius 3 is 2.39 bits per heavy atom. The number of aromatic carboxylic acids is 1. The molecule has 98 valence electrons. The van der Waals surface area contributed by atoms with Gasteiger partial charge in [0.15, 0.2) is 0 Å². The summed E-state index contributed by atoms with van der Waals surface area (Å²) in [5.74, 6) is -0.520. The van der Waals surface area contributed by atoms with E-state index in [4.69, 9.17) is 5.11 Å². The molecule has 1 rings (SSSR count). The van der Waals surface area contributed by atoms with Gasteiger partial charge in [0.05, 0.1) is 5.56 Å². The van der Waals surface area contributed by atoms with Crippen LogP contribution in [0, 0.1) is 5.92 Å². The van der Waals surface area contributed by atoms with Crippen LogP contribution in [0.15, 0.2) is 24.3 Å². The van der Waals surface area contributed by atoms with Crippen molar-refractivity contribution < 1.29 is 14.7 Å². The van der Waals surface area contributed by atoms with Gasteiger partial charge in [0.1, 0.15) is 0 Å². The summed E-state index contributed by atoms with van der Waals surface area (Å²) in [7, 11) is 0. The molecule has 0 radical (unpaired) electrons. The molecule has 0 fully saturated rings. The first-order chi connectivity index (χ1) is 8.52. The zero-order chi connectivity index (χ0) is 13.5. The van der Waals surface area contributed by atoms with E-state index in [2.05, 4.69) is 12.2 Å². The summed E-state index contributed by atoms with van der Waals surface area (Å²) in [6, 6.07) is 6.51. The highest BCUT2D eigenvalue weighted by molar-refractivity contribution is 5.87. The van der Waals surface area contributed by atoms with Crippen LogP contribution in [0.5, 0.6) is 0 Å². The van der Waals surface area contributed by atoms with Crippen molar-refractivity contribution in [2.45, 2.75) is 33.2 Å². The van der Waals surface area contributed by atoms with Crippen LogP contribution in [-0.4, -0.2) is 17.0 Å². The first-order valence-corrected chi connectivity index (χ1v) is 6.11. The van der Waals surface area contributed by atoms with Crippen molar-refractivity contribution in [3.05, 3.63) is 35.4 Å². The molecular weight excluding hydrogens is 230 g/mol. The van der Waals surface area contributed by atoms with E-state index >= 15 is 0 Å². The molecule has 2 N–H and O–H groups in total. The van der Waals surface area contributed by atoms with E-state index in [-0.39, 0.29) is 11.5 Å². The minimum Gasteiger partial charge on any atom is -0.478 e. The summed E-state index contributed by atoms with van der Waals surface area (Å²) in [5, 5.41) is 11.6. The maximum atomic E-state index is 11.6. The monoisotopic (exact) mass is 249 g/mol. The molecule has 4 heteroatoms. The van der Waals surface area contributed by atoms with Gasteiger partial charge >= 0.3 is 5.97 Å². The van der Waals surface area contributed by atoms with Crippen molar-refractivity contribution >= 4 is 11.9 Å². The molecule has 4 nitrogen and oxygen atoms in total. The summed E-state index contributed by atoms with van der Waals surface area (Å²) in [6.45, 7) is 4.54. The molecule has 0 saturated heterocycles. The van der Waals surface area contributed by atoms with Crippen LogP contribution in [0.3, 0.4) is 0 Å². The number of benzene rings is 1. The summed E-state index contributed by atoms with van der Waals surface area (Å²) in [4.78, 5) is 22.2. The standard InChI is InChI=1S/C14H19NO3/c1-3-10(2)8-13(16)15-9-11-4-6-12(7-5-11)14(17)18/h4-7,10H,3,8-9H2,1-2H3,(H,15,16)(H,17,18). The van der Waals surface area contributed by atoms with Crippen LogP contribution in [-0.2, 0) is 11.3 Å². The molecular formula is C14H19NO3. The number of hydrogen-bond acceptors (Lipinski definition) is 2. The topological polar surface area (TPSA) is 66.4 Å². The van der Waals surface area contributed by atoms with E-state index in [1.807, 2.05) is 6.92 Å². The van der Waals surface area contributed by atoms with Crippen molar-refractivity contribution in [3.63, 3.8) is 0 Å². The van der Waals surface area contributed by atoms with Gasteiger partial charge in [-0.25, -0.2) is 4.79 Å². The lowest BCUT2D eigenvalue weighted by molar-refractivity contribution is -0.122. The maximum absolute atomic E-state index is 11.6. The third kappa shape index (κ3) is 4.57. The Bertz CT molecular complexity index is 412. The highest BCUT2D eigenvalue weighted by Crippen LogP contribution is 2.07. The summed E-state index contributed by atoms with van der Waals surface area (Å²) in [5.41, 5.74) is 1.15. The predicted octanol–water partition coefficient (Wildman–Crippen LogP) is 2.44. The molecule has 0 aliphatic carbocycles. The largest absolute Gasteiger partial charge is 0.478 e. The van der Waals surface area contributed by atoms with E-state index in [1.54, 1.807) is 24.3 Å². The smallest absolute Gasteiger partial charge is 0.335 e. The Labute approximate surface area is 107 Å². The molecule has 1 amide bonds. The molecule has 0 spiro atoms. The summed E-state index contributed by atoms with van der Waals surface area (Å²) in [6.07, 6.45) is 1.52. The fraction of sp³-hybridized carbons (Fsp3) is 0.429. The highest BCUT2D eigenvalue weighted by Gasteiger charge is 2.07. The number of carboxylic acids is 1. The predicted molar refractivity (Wildman–Crippen MR) is 69.3 cm³/mol. The highest BCUT2D eigenvalue weighted by atomic mass is 16.4. The second-order valence-electron chi connectivity index (χ2n) is 4.50.